The summed E-state index contributed by atoms with van der Waals surface area (Å²) in [4.78, 5) is 22.1. The van der Waals surface area contributed by atoms with Crippen molar-refractivity contribution in [2.45, 2.75) is 0 Å². The smallest absolute Gasteiger partial charge is 0.348 e. The standard InChI is InChI=1S/C12H9NO4S/c1-17-12(14)11-10(6-7-18-11)8-2-4-9(5-3-8)13(15)16/h2-7H,1H3. The van der Waals surface area contributed by atoms with Gasteiger partial charge in [-0.2, -0.15) is 0 Å². The van der Waals surface area contributed by atoms with Crippen LogP contribution in [0.4, 0.5) is 5.69 Å². The van der Waals surface area contributed by atoms with Crippen LogP contribution in [-0.2, 0) is 4.74 Å². The number of nitro benzene ring substituents is 1. The maximum atomic E-state index is 11.5. The predicted octanol–water partition coefficient (Wildman–Crippen LogP) is 3.11. The Labute approximate surface area is 107 Å². The van der Waals surface area contributed by atoms with Crippen molar-refractivity contribution in [1.29, 1.82) is 0 Å². The molecule has 2 rings (SSSR count). The Bertz CT molecular complexity index is 588. The number of nitro groups is 1. The number of methoxy groups -OCH3 is 1. The SMILES string of the molecule is COC(=O)c1sccc1-c1ccc([N+](=O)[O-])cc1. The van der Waals surface area contributed by atoms with E-state index < -0.39 is 10.9 Å². The molecule has 18 heavy (non-hydrogen) atoms. The Kier molecular flexibility index (Phi) is 3.38. The topological polar surface area (TPSA) is 69.4 Å². The van der Waals surface area contributed by atoms with E-state index in [1.54, 1.807) is 23.6 Å². The van der Waals surface area contributed by atoms with E-state index in [-0.39, 0.29) is 5.69 Å². The molecule has 0 fully saturated rings. The van der Waals surface area contributed by atoms with Gasteiger partial charge in [-0.25, -0.2) is 4.79 Å². The summed E-state index contributed by atoms with van der Waals surface area (Å²) in [5.74, 6) is -0.404. The summed E-state index contributed by atoms with van der Waals surface area (Å²) in [5.41, 5.74) is 1.50. The van der Waals surface area contributed by atoms with Crippen LogP contribution in [0.25, 0.3) is 11.1 Å². The van der Waals surface area contributed by atoms with Crippen molar-refractivity contribution in [2.24, 2.45) is 0 Å². The normalized spacial score (nSPS) is 10.1. The summed E-state index contributed by atoms with van der Waals surface area (Å²) in [6.07, 6.45) is 0. The minimum atomic E-state index is -0.460. The zero-order chi connectivity index (χ0) is 13.1. The summed E-state index contributed by atoms with van der Waals surface area (Å²) >= 11 is 1.28. The Morgan fingerprint density at radius 3 is 2.50 bits per heavy atom. The number of nitrogens with zero attached hydrogens (tertiary/aromatic N) is 1. The number of hydrogen-bond donors (Lipinski definition) is 0. The van der Waals surface area contributed by atoms with Gasteiger partial charge in [0.25, 0.3) is 5.69 Å². The van der Waals surface area contributed by atoms with E-state index >= 15 is 0 Å². The van der Waals surface area contributed by atoms with Gasteiger partial charge < -0.3 is 4.74 Å². The molecule has 0 saturated carbocycles. The molecule has 1 aromatic heterocycles. The van der Waals surface area contributed by atoms with E-state index in [1.807, 2.05) is 0 Å². The van der Waals surface area contributed by atoms with E-state index in [2.05, 4.69) is 4.74 Å². The first-order valence-corrected chi connectivity index (χ1v) is 5.92. The first-order valence-electron chi connectivity index (χ1n) is 5.04. The second-order valence-corrected chi connectivity index (χ2v) is 4.38. The Hall–Kier alpha value is -2.21. The molecule has 0 aliphatic heterocycles. The molecule has 2 aromatic rings. The third kappa shape index (κ3) is 2.23. The van der Waals surface area contributed by atoms with Crippen molar-refractivity contribution in [3.8, 4) is 11.1 Å². The highest BCUT2D eigenvalue weighted by Crippen LogP contribution is 2.30. The molecule has 0 saturated heterocycles. The molecule has 1 heterocycles. The van der Waals surface area contributed by atoms with Gasteiger partial charge in [-0.05, 0) is 29.1 Å². The fourth-order valence-electron chi connectivity index (χ4n) is 1.55. The molecule has 0 bridgehead atoms. The summed E-state index contributed by atoms with van der Waals surface area (Å²) in [5, 5.41) is 12.3. The maximum absolute atomic E-state index is 11.5. The van der Waals surface area contributed by atoms with Gasteiger partial charge in [-0.1, -0.05) is 0 Å². The molecule has 0 aliphatic carbocycles. The van der Waals surface area contributed by atoms with Crippen molar-refractivity contribution >= 4 is 23.0 Å². The van der Waals surface area contributed by atoms with Gasteiger partial charge in [0.15, 0.2) is 0 Å². The molecule has 0 unspecified atom stereocenters. The van der Waals surface area contributed by atoms with E-state index in [0.29, 0.717) is 4.88 Å². The van der Waals surface area contributed by atoms with Crippen LogP contribution in [-0.4, -0.2) is 18.0 Å². The van der Waals surface area contributed by atoms with Gasteiger partial charge in [0.2, 0.25) is 0 Å². The fourth-order valence-corrected chi connectivity index (χ4v) is 2.38. The lowest BCUT2D eigenvalue weighted by Gasteiger charge is -2.02. The number of benzene rings is 1. The van der Waals surface area contributed by atoms with Crippen LogP contribution in [0.2, 0.25) is 0 Å². The number of ether oxygens (including phenoxy) is 1. The number of hydrogen-bond acceptors (Lipinski definition) is 5. The Morgan fingerprint density at radius 2 is 1.94 bits per heavy atom. The Morgan fingerprint density at radius 1 is 1.28 bits per heavy atom. The zero-order valence-corrected chi connectivity index (χ0v) is 10.3. The average molecular weight is 263 g/mol. The van der Waals surface area contributed by atoms with E-state index in [0.717, 1.165) is 11.1 Å². The van der Waals surface area contributed by atoms with Crippen LogP contribution >= 0.6 is 11.3 Å². The van der Waals surface area contributed by atoms with Crippen molar-refractivity contribution in [1.82, 2.24) is 0 Å². The zero-order valence-electron chi connectivity index (χ0n) is 9.45. The third-order valence-electron chi connectivity index (χ3n) is 2.43. The Balaban J connectivity index is 2.40. The highest BCUT2D eigenvalue weighted by molar-refractivity contribution is 7.12. The predicted molar refractivity (Wildman–Crippen MR) is 67.7 cm³/mol. The molecule has 0 N–H and O–H groups in total. The molecule has 5 nitrogen and oxygen atoms in total. The van der Waals surface area contributed by atoms with Gasteiger partial charge in [-0.15, -0.1) is 11.3 Å². The molecule has 92 valence electrons. The minimum absolute atomic E-state index is 0.0218. The summed E-state index contributed by atoms with van der Waals surface area (Å²) in [7, 11) is 1.32. The van der Waals surface area contributed by atoms with Gasteiger partial charge in [0, 0.05) is 17.7 Å². The van der Waals surface area contributed by atoms with Crippen molar-refractivity contribution in [3.63, 3.8) is 0 Å². The van der Waals surface area contributed by atoms with Crippen molar-refractivity contribution < 1.29 is 14.5 Å². The third-order valence-corrected chi connectivity index (χ3v) is 3.32. The van der Waals surface area contributed by atoms with Gasteiger partial charge in [0.05, 0.1) is 12.0 Å². The summed E-state index contributed by atoms with van der Waals surface area (Å²) < 4.78 is 4.68. The monoisotopic (exact) mass is 263 g/mol. The molecule has 0 spiro atoms. The van der Waals surface area contributed by atoms with Crippen molar-refractivity contribution in [3.05, 3.63) is 50.7 Å². The average Bonchev–Trinajstić information content (AvgIpc) is 2.87. The highest BCUT2D eigenvalue weighted by Gasteiger charge is 2.15. The lowest BCUT2D eigenvalue weighted by Crippen LogP contribution is -1.99. The molecule has 0 amide bonds. The minimum Gasteiger partial charge on any atom is -0.465 e. The number of thiophene rings is 1. The van der Waals surface area contributed by atoms with Crippen LogP contribution in [0, 0.1) is 10.1 Å². The lowest BCUT2D eigenvalue weighted by atomic mass is 10.1. The molecular formula is C12H9NO4S. The molecule has 1 aromatic carbocycles. The second-order valence-electron chi connectivity index (χ2n) is 3.46. The van der Waals surface area contributed by atoms with E-state index in [4.69, 9.17) is 0 Å². The van der Waals surface area contributed by atoms with E-state index in [9.17, 15) is 14.9 Å². The molecule has 0 aliphatic rings. The summed E-state index contributed by atoms with van der Waals surface area (Å²) in [6, 6.07) is 7.85. The van der Waals surface area contributed by atoms with Crippen LogP contribution in [0.3, 0.4) is 0 Å². The van der Waals surface area contributed by atoms with Gasteiger partial charge in [-0.3, -0.25) is 10.1 Å². The first-order chi connectivity index (χ1) is 8.63. The number of esters is 1. The number of non-ortho nitro benzene ring substituents is 1. The van der Waals surface area contributed by atoms with Crippen LogP contribution in [0.1, 0.15) is 9.67 Å². The van der Waals surface area contributed by atoms with Crippen LogP contribution in [0.5, 0.6) is 0 Å². The van der Waals surface area contributed by atoms with Crippen LogP contribution < -0.4 is 0 Å². The van der Waals surface area contributed by atoms with Gasteiger partial charge >= 0.3 is 5.97 Å². The second kappa shape index (κ2) is 4.97. The number of carbonyl (C=O) groups is 1. The molecular weight excluding hydrogens is 254 g/mol. The lowest BCUT2D eigenvalue weighted by molar-refractivity contribution is -0.384. The number of rotatable bonds is 3. The highest BCUT2D eigenvalue weighted by atomic mass is 32.1. The first kappa shape index (κ1) is 12.3. The van der Waals surface area contributed by atoms with E-state index in [1.165, 1.54) is 30.6 Å². The van der Waals surface area contributed by atoms with Gasteiger partial charge in [0.1, 0.15) is 4.88 Å². The van der Waals surface area contributed by atoms with Crippen molar-refractivity contribution in [2.75, 3.05) is 7.11 Å². The fraction of sp³-hybridized carbons (Fsp3) is 0.0833. The molecule has 6 heteroatoms. The largest absolute Gasteiger partial charge is 0.465 e. The maximum Gasteiger partial charge on any atom is 0.348 e. The number of carbonyl (C=O) groups excluding carboxylic acids is 1. The van der Waals surface area contributed by atoms with Crippen LogP contribution in [0.15, 0.2) is 35.7 Å². The quantitative estimate of drug-likeness (QED) is 0.484. The molecule has 0 radical (unpaired) electrons. The molecule has 0 atom stereocenters. The summed E-state index contributed by atoms with van der Waals surface area (Å²) in [6.45, 7) is 0.